The van der Waals surface area contributed by atoms with E-state index in [-0.39, 0.29) is 12.1 Å². The lowest BCUT2D eigenvalue weighted by Crippen LogP contribution is -2.13. The Hall–Kier alpha value is -0.690. The molecule has 0 saturated heterocycles. The van der Waals surface area contributed by atoms with Crippen molar-refractivity contribution in [3.63, 3.8) is 0 Å². The zero-order valence-electron chi connectivity index (χ0n) is 17.8. The predicted molar refractivity (Wildman–Crippen MR) is 107 cm³/mol. The van der Waals surface area contributed by atoms with E-state index in [2.05, 4.69) is 6.92 Å². The van der Waals surface area contributed by atoms with Crippen LogP contribution >= 0.6 is 0 Å². The van der Waals surface area contributed by atoms with Gasteiger partial charge in [-0.25, -0.2) is 0 Å². The molecule has 6 heteroatoms. The highest BCUT2D eigenvalue weighted by molar-refractivity contribution is 5.69. The average Bonchev–Trinajstić information content (AvgIpc) is 2.63. The van der Waals surface area contributed by atoms with E-state index in [0.717, 1.165) is 13.0 Å². The van der Waals surface area contributed by atoms with Crippen molar-refractivity contribution in [2.24, 2.45) is 0 Å². The van der Waals surface area contributed by atoms with E-state index < -0.39 is 0 Å². The molecule has 0 amide bonds. The zero-order valence-corrected chi connectivity index (χ0v) is 17.8. The molecule has 0 rings (SSSR count). The molecular weight excluding hydrogens is 348 g/mol. The van der Waals surface area contributed by atoms with Gasteiger partial charge in [-0.1, -0.05) is 39.0 Å². The van der Waals surface area contributed by atoms with Crippen molar-refractivity contribution >= 4 is 5.97 Å². The summed E-state index contributed by atoms with van der Waals surface area (Å²) in [7, 11) is 0. The van der Waals surface area contributed by atoms with Gasteiger partial charge in [-0.3, -0.25) is 4.79 Å². The van der Waals surface area contributed by atoms with Crippen molar-refractivity contribution in [1.29, 1.82) is 0 Å². The highest BCUT2D eigenvalue weighted by Crippen LogP contribution is 2.04. The van der Waals surface area contributed by atoms with Crippen LogP contribution in [0.4, 0.5) is 0 Å². The van der Waals surface area contributed by atoms with Crippen LogP contribution in [0, 0.1) is 0 Å². The van der Waals surface area contributed by atoms with Crippen LogP contribution in [0.25, 0.3) is 0 Å². The Morgan fingerprint density at radius 2 is 1.07 bits per heavy atom. The first-order valence-electron chi connectivity index (χ1n) is 10.7. The van der Waals surface area contributed by atoms with E-state index in [1.165, 1.54) is 32.1 Å². The summed E-state index contributed by atoms with van der Waals surface area (Å²) in [6.45, 7) is 10.8. The van der Waals surface area contributed by atoms with Gasteiger partial charge >= 0.3 is 5.97 Å². The monoisotopic (exact) mass is 390 g/mol. The van der Waals surface area contributed by atoms with E-state index in [9.17, 15) is 4.79 Å². The maximum absolute atomic E-state index is 11.3. The Morgan fingerprint density at radius 3 is 1.59 bits per heavy atom. The number of ether oxygens (including phenoxy) is 5. The number of carbonyl (C=O) groups is 1. The third kappa shape index (κ3) is 23.3. The summed E-state index contributed by atoms with van der Waals surface area (Å²) in [5.74, 6) is -0.169. The van der Waals surface area contributed by atoms with Gasteiger partial charge in [-0.05, 0) is 26.7 Å². The fourth-order valence-corrected chi connectivity index (χ4v) is 2.39. The molecule has 0 fully saturated rings. The van der Waals surface area contributed by atoms with E-state index in [1.807, 2.05) is 13.8 Å². The first kappa shape index (κ1) is 26.3. The smallest absolute Gasteiger partial charge is 0.306 e. The second-order valence-corrected chi connectivity index (χ2v) is 6.86. The van der Waals surface area contributed by atoms with E-state index in [4.69, 9.17) is 23.7 Å². The van der Waals surface area contributed by atoms with Crippen LogP contribution in [0.1, 0.15) is 72.1 Å². The molecule has 0 aromatic rings. The minimum absolute atomic E-state index is 0.0547. The van der Waals surface area contributed by atoms with Crippen molar-refractivity contribution in [1.82, 2.24) is 0 Å². The highest BCUT2D eigenvalue weighted by Gasteiger charge is 2.04. The molecule has 6 nitrogen and oxygen atoms in total. The molecule has 0 aromatic heterocycles. The average molecular weight is 391 g/mol. The molecule has 0 aromatic carbocycles. The normalized spacial score (nSPS) is 11.3. The van der Waals surface area contributed by atoms with Crippen LogP contribution in [0.15, 0.2) is 0 Å². The molecule has 0 N–H and O–H groups in total. The maximum atomic E-state index is 11.3. The van der Waals surface area contributed by atoms with Crippen LogP contribution in [0.5, 0.6) is 0 Å². The summed E-state index contributed by atoms with van der Waals surface area (Å²) in [5, 5.41) is 0. The topological polar surface area (TPSA) is 63.2 Å². The minimum atomic E-state index is -0.169. The van der Waals surface area contributed by atoms with Gasteiger partial charge < -0.3 is 23.7 Å². The maximum Gasteiger partial charge on any atom is 0.306 e. The number of unbranched alkanes of at least 4 members (excludes halogenated alkanes) is 5. The SMILES string of the molecule is CCCCCCCCOCCOCCOCCOCCCC(=O)OC(C)C. The van der Waals surface area contributed by atoms with Crippen molar-refractivity contribution in [2.45, 2.75) is 78.2 Å². The summed E-state index contributed by atoms with van der Waals surface area (Å²) in [5.41, 5.74) is 0. The molecule has 0 radical (unpaired) electrons. The molecule has 162 valence electrons. The van der Waals surface area contributed by atoms with Gasteiger partial charge in [0.25, 0.3) is 0 Å². The van der Waals surface area contributed by atoms with Gasteiger partial charge in [0.2, 0.25) is 0 Å². The summed E-state index contributed by atoms with van der Waals surface area (Å²) < 4.78 is 26.9. The molecule has 0 spiro atoms. The summed E-state index contributed by atoms with van der Waals surface area (Å²) in [6, 6.07) is 0. The zero-order chi connectivity index (χ0) is 20.0. The molecule has 0 aliphatic carbocycles. The minimum Gasteiger partial charge on any atom is -0.463 e. The summed E-state index contributed by atoms with van der Waals surface area (Å²) in [6.07, 6.45) is 8.72. The van der Waals surface area contributed by atoms with E-state index in [0.29, 0.717) is 59.1 Å². The fourth-order valence-electron chi connectivity index (χ4n) is 2.39. The van der Waals surface area contributed by atoms with Crippen LogP contribution in [0.3, 0.4) is 0 Å². The Morgan fingerprint density at radius 1 is 0.630 bits per heavy atom. The van der Waals surface area contributed by atoms with Gasteiger partial charge in [0.05, 0.1) is 45.7 Å². The lowest BCUT2D eigenvalue weighted by Gasteiger charge is -2.08. The highest BCUT2D eigenvalue weighted by atomic mass is 16.6. The molecule has 0 heterocycles. The number of hydrogen-bond acceptors (Lipinski definition) is 6. The number of carbonyl (C=O) groups excluding carboxylic acids is 1. The first-order valence-corrected chi connectivity index (χ1v) is 10.7. The predicted octanol–water partition coefficient (Wildman–Crippen LogP) is 4.15. The lowest BCUT2D eigenvalue weighted by molar-refractivity contribution is -0.147. The number of rotatable bonds is 21. The number of esters is 1. The van der Waals surface area contributed by atoms with E-state index in [1.54, 1.807) is 0 Å². The van der Waals surface area contributed by atoms with Crippen molar-refractivity contribution < 1.29 is 28.5 Å². The van der Waals surface area contributed by atoms with Crippen LogP contribution in [0.2, 0.25) is 0 Å². The van der Waals surface area contributed by atoms with Crippen molar-refractivity contribution in [3.8, 4) is 0 Å². The third-order valence-electron chi connectivity index (χ3n) is 3.79. The quantitative estimate of drug-likeness (QED) is 0.217. The Labute approximate surface area is 166 Å². The standard InChI is InChI=1S/C21H42O6/c1-4-5-6-7-8-9-12-23-14-16-25-18-19-26-17-15-24-13-10-11-21(22)27-20(2)3/h20H,4-19H2,1-3H3. The number of hydrogen-bond donors (Lipinski definition) is 0. The van der Waals surface area contributed by atoms with Gasteiger partial charge in [0, 0.05) is 19.6 Å². The van der Waals surface area contributed by atoms with Gasteiger partial charge in [-0.2, -0.15) is 0 Å². The summed E-state index contributed by atoms with van der Waals surface area (Å²) >= 11 is 0. The molecule has 0 atom stereocenters. The van der Waals surface area contributed by atoms with Crippen LogP contribution in [-0.2, 0) is 28.5 Å². The lowest BCUT2D eigenvalue weighted by atomic mass is 10.1. The second-order valence-electron chi connectivity index (χ2n) is 6.86. The van der Waals surface area contributed by atoms with Crippen LogP contribution < -0.4 is 0 Å². The first-order chi connectivity index (χ1) is 13.2. The largest absolute Gasteiger partial charge is 0.463 e. The second kappa shape index (κ2) is 21.6. The molecule has 0 aliphatic heterocycles. The molecule has 0 aliphatic rings. The Kier molecular flexibility index (Phi) is 21.1. The van der Waals surface area contributed by atoms with Crippen molar-refractivity contribution in [3.05, 3.63) is 0 Å². The fraction of sp³-hybridized carbons (Fsp3) is 0.952. The molecular formula is C21H42O6. The molecule has 0 saturated carbocycles. The summed E-state index contributed by atoms with van der Waals surface area (Å²) in [4.78, 5) is 11.3. The van der Waals surface area contributed by atoms with Gasteiger partial charge in [-0.15, -0.1) is 0 Å². The van der Waals surface area contributed by atoms with E-state index >= 15 is 0 Å². The van der Waals surface area contributed by atoms with Crippen LogP contribution in [-0.4, -0.2) is 64.9 Å². The molecule has 0 bridgehead atoms. The van der Waals surface area contributed by atoms with Gasteiger partial charge in [0.15, 0.2) is 0 Å². The van der Waals surface area contributed by atoms with Crippen molar-refractivity contribution in [2.75, 3.05) is 52.9 Å². The Balaban J connectivity index is 3.06. The van der Waals surface area contributed by atoms with Gasteiger partial charge in [0.1, 0.15) is 0 Å². The molecule has 27 heavy (non-hydrogen) atoms. The Bertz CT molecular complexity index is 309. The third-order valence-corrected chi connectivity index (χ3v) is 3.79. The molecule has 0 unspecified atom stereocenters.